The molecule has 0 aliphatic heterocycles. The summed E-state index contributed by atoms with van der Waals surface area (Å²) in [6, 6.07) is 0.194. The Morgan fingerprint density at radius 3 is 2.50 bits per heavy atom. The van der Waals surface area contributed by atoms with Crippen molar-refractivity contribution in [1.29, 1.82) is 0 Å². The number of hydrogen-bond donors (Lipinski definition) is 2. The second kappa shape index (κ2) is 7.53. The number of aliphatic hydroxyl groups is 1. The number of rotatable bonds is 4. The van der Waals surface area contributed by atoms with Crippen molar-refractivity contribution in [2.45, 2.75) is 38.1 Å². The maximum absolute atomic E-state index is 11.5. The smallest absolute Gasteiger partial charge is 0.330 e. The van der Waals surface area contributed by atoms with Crippen LogP contribution in [0.2, 0.25) is 0 Å². The topological polar surface area (TPSA) is 75.6 Å². The normalized spacial score (nSPS) is 17.7. The third-order valence-corrected chi connectivity index (χ3v) is 2.82. The fourth-order valence-corrected chi connectivity index (χ4v) is 1.89. The lowest BCUT2D eigenvalue weighted by molar-refractivity contribution is -0.134. The molecule has 1 aliphatic carbocycles. The van der Waals surface area contributed by atoms with Gasteiger partial charge in [-0.2, -0.15) is 0 Å². The Balaban J connectivity index is 2.41. The number of allylic oxidation sites excluding steroid dienone is 1. The van der Waals surface area contributed by atoms with E-state index in [1.807, 2.05) is 0 Å². The van der Waals surface area contributed by atoms with Gasteiger partial charge < -0.3 is 15.2 Å². The van der Waals surface area contributed by atoms with Crippen molar-refractivity contribution in [3.05, 3.63) is 24.0 Å². The molecule has 0 aromatic carbocycles. The van der Waals surface area contributed by atoms with E-state index >= 15 is 0 Å². The third kappa shape index (κ3) is 5.52. The van der Waals surface area contributed by atoms with E-state index in [4.69, 9.17) is 0 Å². The number of amides is 1. The second-order valence-electron chi connectivity index (χ2n) is 4.27. The standard InChI is InChI=1S/C13H19NO4/c1-18-13(17)8-7-11(15)9-12(16)14-10-5-3-2-4-6-10/h7-10,15H,2-6H2,1H3,(H,14,16)/b8-7-,11-9?. The van der Waals surface area contributed by atoms with Gasteiger partial charge >= 0.3 is 5.97 Å². The summed E-state index contributed by atoms with van der Waals surface area (Å²) < 4.78 is 4.36. The van der Waals surface area contributed by atoms with E-state index in [0.29, 0.717) is 0 Å². The monoisotopic (exact) mass is 253 g/mol. The molecule has 1 aliphatic rings. The van der Waals surface area contributed by atoms with Crippen LogP contribution in [0.1, 0.15) is 32.1 Å². The Bertz CT molecular complexity index is 354. The lowest BCUT2D eigenvalue weighted by atomic mass is 9.95. The van der Waals surface area contributed by atoms with E-state index in [0.717, 1.165) is 43.9 Å². The Morgan fingerprint density at radius 1 is 1.22 bits per heavy atom. The number of nitrogens with one attached hydrogen (secondary N) is 1. The lowest BCUT2D eigenvalue weighted by Gasteiger charge is -2.21. The summed E-state index contributed by atoms with van der Waals surface area (Å²) >= 11 is 0. The number of hydrogen-bond acceptors (Lipinski definition) is 4. The van der Waals surface area contributed by atoms with Crippen LogP contribution in [0.3, 0.4) is 0 Å². The molecule has 0 unspecified atom stereocenters. The van der Waals surface area contributed by atoms with Crippen molar-refractivity contribution in [2.24, 2.45) is 0 Å². The van der Waals surface area contributed by atoms with Gasteiger partial charge in [0.1, 0.15) is 5.76 Å². The van der Waals surface area contributed by atoms with Crippen LogP contribution in [0, 0.1) is 0 Å². The average molecular weight is 253 g/mol. The number of aliphatic hydroxyl groups excluding tert-OH is 1. The molecule has 100 valence electrons. The van der Waals surface area contributed by atoms with Crippen molar-refractivity contribution in [3.8, 4) is 0 Å². The van der Waals surface area contributed by atoms with Crippen LogP contribution >= 0.6 is 0 Å². The van der Waals surface area contributed by atoms with Crippen LogP contribution in [-0.4, -0.2) is 30.1 Å². The molecule has 1 rings (SSSR count). The van der Waals surface area contributed by atoms with Crippen LogP contribution < -0.4 is 5.32 Å². The van der Waals surface area contributed by atoms with Gasteiger partial charge in [-0.05, 0) is 18.9 Å². The average Bonchev–Trinajstić information content (AvgIpc) is 2.37. The zero-order valence-electron chi connectivity index (χ0n) is 10.5. The third-order valence-electron chi connectivity index (χ3n) is 2.82. The van der Waals surface area contributed by atoms with E-state index < -0.39 is 5.97 Å². The van der Waals surface area contributed by atoms with Crippen LogP contribution in [0.15, 0.2) is 24.0 Å². The summed E-state index contributed by atoms with van der Waals surface area (Å²) in [4.78, 5) is 22.3. The molecule has 18 heavy (non-hydrogen) atoms. The Kier molecular flexibility index (Phi) is 5.97. The summed E-state index contributed by atoms with van der Waals surface area (Å²) in [5, 5.41) is 12.2. The fourth-order valence-electron chi connectivity index (χ4n) is 1.89. The number of carbonyl (C=O) groups excluding carboxylic acids is 2. The molecule has 5 nitrogen and oxygen atoms in total. The van der Waals surface area contributed by atoms with Crippen LogP contribution in [0.25, 0.3) is 0 Å². The van der Waals surface area contributed by atoms with Gasteiger partial charge in [-0.3, -0.25) is 4.79 Å². The van der Waals surface area contributed by atoms with Gasteiger partial charge in [-0.25, -0.2) is 4.79 Å². The maximum atomic E-state index is 11.5. The summed E-state index contributed by atoms with van der Waals surface area (Å²) in [5.41, 5.74) is 0. The zero-order chi connectivity index (χ0) is 13.4. The maximum Gasteiger partial charge on any atom is 0.330 e. The van der Waals surface area contributed by atoms with E-state index in [1.54, 1.807) is 0 Å². The molecule has 0 aromatic heterocycles. The molecule has 1 fully saturated rings. The lowest BCUT2D eigenvalue weighted by Crippen LogP contribution is -2.35. The first-order chi connectivity index (χ1) is 8.61. The van der Waals surface area contributed by atoms with E-state index in [2.05, 4.69) is 10.1 Å². The van der Waals surface area contributed by atoms with E-state index in [-0.39, 0.29) is 17.7 Å². The van der Waals surface area contributed by atoms with Gasteiger partial charge in [0, 0.05) is 18.2 Å². The first-order valence-electron chi connectivity index (χ1n) is 6.09. The second-order valence-corrected chi connectivity index (χ2v) is 4.27. The molecule has 0 radical (unpaired) electrons. The largest absolute Gasteiger partial charge is 0.508 e. The van der Waals surface area contributed by atoms with Gasteiger partial charge in [-0.1, -0.05) is 19.3 Å². The quantitative estimate of drug-likeness (QED) is 0.345. The predicted octanol–water partition coefficient (Wildman–Crippen LogP) is 1.61. The summed E-state index contributed by atoms with van der Waals surface area (Å²) in [7, 11) is 1.24. The number of ether oxygens (including phenoxy) is 1. The van der Waals surface area contributed by atoms with Crippen LogP contribution in [-0.2, 0) is 14.3 Å². The molecular formula is C13H19NO4. The van der Waals surface area contributed by atoms with Gasteiger partial charge in [0.15, 0.2) is 0 Å². The van der Waals surface area contributed by atoms with Crippen molar-refractivity contribution in [2.75, 3.05) is 7.11 Å². The summed E-state index contributed by atoms with van der Waals surface area (Å²) in [5.74, 6) is -1.19. The van der Waals surface area contributed by atoms with E-state index in [9.17, 15) is 14.7 Å². The fraction of sp³-hybridized carbons (Fsp3) is 0.538. The molecule has 1 saturated carbocycles. The highest BCUT2D eigenvalue weighted by Crippen LogP contribution is 2.17. The van der Waals surface area contributed by atoms with Crippen molar-refractivity contribution < 1.29 is 19.4 Å². The minimum atomic E-state index is -0.581. The number of esters is 1. The van der Waals surface area contributed by atoms with Crippen molar-refractivity contribution in [1.82, 2.24) is 5.32 Å². The first-order valence-corrected chi connectivity index (χ1v) is 6.09. The Hall–Kier alpha value is -1.78. The van der Waals surface area contributed by atoms with E-state index in [1.165, 1.54) is 13.5 Å². The molecule has 5 heteroatoms. The van der Waals surface area contributed by atoms with Crippen molar-refractivity contribution in [3.63, 3.8) is 0 Å². The molecule has 0 atom stereocenters. The number of carbonyl (C=O) groups is 2. The molecule has 0 heterocycles. The molecule has 2 N–H and O–H groups in total. The number of methoxy groups -OCH3 is 1. The SMILES string of the molecule is COC(=O)/C=C\C(O)=CC(=O)NC1CCCCC1. The molecule has 0 aromatic rings. The highest BCUT2D eigenvalue weighted by molar-refractivity contribution is 5.89. The molecule has 1 amide bonds. The van der Waals surface area contributed by atoms with Crippen LogP contribution in [0.4, 0.5) is 0 Å². The first kappa shape index (κ1) is 14.3. The van der Waals surface area contributed by atoms with Crippen molar-refractivity contribution >= 4 is 11.9 Å². The minimum absolute atomic E-state index is 0.194. The van der Waals surface area contributed by atoms with Gasteiger partial charge in [0.2, 0.25) is 5.91 Å². The van der Waals surface area contributed by atoms with Gasteiger partial charge in [0.05, 0.1) is 7.11 Å². The summed E-state index contributed by atoms with van der Waals surface area (Å²) in [6.45, 7) is 0. The predicted molar refractivity (Wildman–Crippen MR) is 66.9 cm³/mol. The minimum Gasteiger partial charge on any atom is -0.508 e. The molecule has 0 saturated heterocycles. The van der Waals surface area contributed by atoms with Gasteiger partial charge in [-0.15, -0.1) is 0 Å². The highest BCUT2D eigenvalue weighted by Gasteiger charge is 2.14. The molecule has 0 spiro atoms. The zero-order valence-corrected chi connectivity index (χ0v) is 10.5. The van der Waals surface area contributed by atoms with Crippen LogP contribution in [0.5, 0.6) is 0 Å². The summed E-state index contributed by atoms with van der Waals surface area (Å²) in [6.07, 6.45) is 8.69. The molecule has 0 bridgehead atoms. The van der Waals surface area contributed by atoms with Gasteiger partial charge in [0.25, 0.3) is 0 Å². The Morgan fingerprint density at radius 2 is 1.89 bits per heavy atom. The molecular weight excluding hydrogens is 234 g/mol. The highest BCUT2D eigenvalue weighted by atomic mass is 16.5. The Labute approximate surface area is 107 Å².